The number of benzene rings is 2. The molecule has 0 radical (unpaired) electrons. The summed E-state index contributed by atoms with van der Waals surface area (Å²) in [7, 11) is 1.45. The number of fused-ring (bicyclic) bond motifs is 1. The molecule has 7 nitrogen and oxygen atoms in total. The van der Waals surface area contributed by atoms with Crippen LogP contribution in [0.25, 0.3) is 0 Å². The zero-order valence-electron chi connectivity index (χ0n) is 15.5. The van der Waals surface area contributed by atoms with Crippen molar-refractivity contribution in [3.05, 3.63) is 52.0 Å². The first-order chi connectivity index (χ1) is 13.5. The molecule has 1 aliphatic rings. The average molecular weight is 407 g/mol. The summed E-state index contributed by atoms with van der Waals surface area (Å²) >= 11 is 6.09. The molecule has 3 rings (SSSR count). The zero-order valence-corrected chi connectivity index (χ0v) is 16.2. The second-order valence-corrected chi connectivity index (χ2v) is 6.47. The summed E-state index contributed by atoms with van der Waals surface area (Å²) in [5, 5.41) is 0.505. The van der Waals surface area contributed by atoms with E-state index in [1.165, 1.54) is 14.0 Å². The highest BCUT2D eigenvalue weighted by Crippen LogP contribution is 2.32. The van der Waals surface area contributed by atoms with Crippen LogP contribution in [0, 0.1) is 0 Å². The lowest BCUT2D eigenvalue weighted by Gasteiger charge is -2.21. The zero-order chi connectivity index (χ0) is 20.1. The van der Waals surface area contributed by atoms with Crippen LogP contribution >= 0.6 is 11.6 Å². The van der Waals surface area contributed by atoms with Crippen LogP contribution in [0.2, 0.25) is 5.02 Å². The van der Waals surface area contributed by atoms with Gasteiger partial charge in [-0.3, -0.25) is 4.79 Å². The topological polar surface area (TPSA) is 80.3 Å². The molecule has 148 valence electrons. The molecule has 2 aromatic carbocycles. The Hall–Kier alpha value is -2.77. The maximum absolute atomic E-state index is 12.1. The lowest BCUT2D eigenvalue weighted by atomic mass is 10.1. The SMILES string of the molecule is COc1cc(C(C)=O)ccc1OCC(=O)OCc1cc(Cl)cc2c1OCOC2. The second-order valence-electron chi connectivity index (χ2n) is 6.03. The van der Waals surface area contributed by atoms with Crippen LogP contribution in [-0.4, -0.2) is 32.3 Å². The summed E-state index contributed by atoms with van der Waals surface area (Å²) in [6, 6.07) is 8.17. The van der Waals surface area contributed by atoms with Gasteiger partial charge in [-0.05, 0) is 37.3 Å². The molecule has 0 saturated carbocycles. The Kier molecular flexibility index (Phi) is 6.38. The van der Waals surface area contributed by atoms with Crippen molar-refractivity contribution in [2.24, 2.45) is 0 Å². The molecular formula is C20H19ClO7. The number of halogens is 1. The van der Waals surface area contributed by atoms with E-state index in [0.717, 1.165) is 5.56 Å². The fourth-order valence-electron chi connectivity index (χ4n) is 2.71. The highest BCUT2D eigenvalue weighted by Gasteiger charge is 2.18. The summed E-state index contributed by atoms with van der Waals surface area (Å²) in [6.45, 7) is 1.65. The fraction of sp³-hybridized carbons (Fsp3) is 0.300. The molecule has 0 aromatic heterocycles. The summed E-state index contributed by atoms with van der Waals surface area (Å²) in [5.41, 5.74) is 1.94. The molecule has 0 aliphatic carbocycles. The maximum Gasteiger partial charge on any atom is 0.344 e. The first-order valence-electron chi connectivity index (χ1n) is 8.47. The van der Waals surface area contributed by atoms with E-state index in [0.29, 0.717) is 40.0 Å². The quantitative estimate of drug-likeness (QED) is 0.514. The predicted octanol–water partition coefficient (Wildman–Crippen LogP) is 3.54. The molecule has 0 atom stereocenters. The van der Waals surface area contributed by atoms with Crippen LogP contribution < -0.4 is 14.2 Å². The van der Waals surface area contributed by atoms with Gasteiger partial charge in [-0.15, -0.1) is 0 Å². The van der Waals surface area contributed by atoms with Gasteiger partial charge in [-0.1, -0.05) is 11.6 Å². The molecule has 0 bridgehead atoms. The molecule has 2 aromatic rings. The van der Waals surface area contributed by atoms with Crippen LogP contribution in [0.5, 0.6) is 17.2 Å². The number of methoxy groups -OCH3 is 1. The molecule has 0 fully saturated rings. The van der Waals surface area contributed by atoms with Crippen molar-refractivity contribution in [1.29, 1.82) is 0 Å². The van der Waals surface area contributed by atoms with E-state index in [4.69, 9.17) is 35.3 Å². The Morgan fingerprint density at radius 2 is 2.00 bits per heavy atom. The van der Waals surface area contributed by atoms with E-state index in [9.17, 15) is 9.59 Å². The number of carbonyl (C=O) groups is 2. The first kappa shape index (κ1) is 20.0. The van der Waals surface area contributed by atoms with Crippen molar-refractivity contribution in [1.82, 2.24) is 0 Å². The monoisotopic (exact) mass is 406 g/mol. The third-order valence-corrected chi connectivity index (χ3v) is 4.27. The van der Waals surface area contributed by atoms with E-state index >= 15 is 0 Å². The van der Waals surface area contributed by atoms with Crippen LogP contribution in [0.3, 0.4) is 0 Å². The Labute approximate surface area is 167 Å². The van der Waals surface area contributed by atoms with Gasteiger partial charge < -0.3 is 23.7 Å². The van der Waals surface area contributed by atoms with Gasteiger partial charge in [0.2, 0.25) is 0 Å². The Morgan fingerprint density at radius 3 is 2.75 bits per heavy atom. The molecule has 1 aliphatic heterocycles. The van der Waals surface area contributed by atoms with Gasteiger partial charge in [0.1, 0.15) is 12.4 Å². The van der Waals surface area contributed by atoms with Crippen LogP contribution in [0.1, 0.15) is 28.4 Å². The van der Waals surface area contributed by atoms with Crippen molar-refractivity contribution < 1.29 is 33.3 Å². The van der Waals surface area contributed by atoms with Gasteiger partial charge in [0, 0.05) is 21.7 Å². The third kappa shape index (κ3) is 4.74. The van der Waals surface area contributed by atoms with Crippen LogP contribution in [0.15, 0.2) is 30.3 Å². The largest absolute Gasteiger partial charge is 0.493 e. The van der Waals surface area contributed by atoms with E-state index in [1.807, 2.05) is 0 Å². The minimum absolute atomic E-state index is 0.00844. The van der Waals surface area contributed by atoms with Gasteiger partial charge in [-0.25, -0.2) is 4.79 Å². The van der Waals surface area contributed by atoms with Gasteiger partial charge >= 0.3 is 5.97 Å². The number of hydrogen-bond donors (Lipinski definition) is 0. The Balaban J connectivity index is 1.60. The summed E-state index contributed by atoms with van der Waals surface area (Å²) < 4.78 is 26.6. The molecule has 0 saturated heterocycles. The van der Waals surface area contributed by atoms with Crippen molar-refractivity contribution >= 4 is 23.4 Å². The Morgan fingerprint density at radius 1 is 1.18 bits per heavy atom. The molecule has 0 N–H and O–H groups in total. The van der Waals surface area contributed by atoms with Crippen molar-refractivity contribution in [3.63, 3.8) is 0 Å². The lowest BCUT2D eigenvalue weighted by molar-refractivity contribution is -0.147. The summed E-state index contributed by atoms with van der Waals surface area (Å²) in [5.74, 6) is 0.647. The molecule has 8 heteroatoms. The second kappa shape index (κ2) is 8.95. The molecule has 0 unspecified atom stereocenters. The summed E-state index contributed by atoms with van der Waals surface area (Å²) in [4.78, 5) is 23.5. The van der Waals surface area contributed by atoms with Gasteiger partial charge in [-0.2, -0.15) is 0 Å². The number of carbonyl (C=O) groups excluding carboxylic acids is 2. The van der Waals surface area contributed by atoms with Crippen molar-refractivity contribution in [2.45, 2.75) is 20.1 Å². The van der Waals surface area contributed by atoms with Crippen molar-refractivity contribution in [3.8, 4) is 17.2 Å². The van der Waals surface area contributed by atoms with E-state index < -0.39 is 5.97 Å². The van der Waals surface area contributed by atoms with Gasteiger partial charge in [0.15, 0.2) is 30.7 Å². The smallest absolute Gasteiger partial charge is 0.344 e. The molecular weight excluding hydrogens is 388 g/mol. The summed E-state index contributed by atoms with van der Waals surface area (Å²) in [6.07, 6.45) is 0. The van der Waals surface area contributed by atoms with Crippen LogP contribution in [-0.2, 0) is 27.5 Å². The maximum atomic E-state index is 12.1. The van der Waals surface area contributed by atoms with E-state index in [2.05, 4.69) is 0 Å². The number of hydrogen-bond acceptors (Lipinski definition) is 7. The fourth-order valence-corrected chi connectivity index (χ4v) is 2.97. The lowest BCUT2D eigenvalue weighted by Crippen LogP contribution is -2.17. The normalized spacial score (nSPS) is 12.5. The van der Waals surface area contributed by atoms with Gasteiger partial charge in [0.25, 0.3) is 0 Å². The van der Waals surface area contributed by atoms with Crippen molar-refractivity contribution in [2.75, 3.05) is 20.5 Å². The standard InChI is InChI=1S/C20H19ClO7/c1-12(22)13-3-4-17(18(7-13)24-2)26-10-19(23)27-9-15-6-16(21)5-14-8-25-11-28-20(14)15/h3-7H,8-11H2,1-2H3. The average Bonchev–Trinajstić information content (AvgIpc) is 2.70. The van der Waals surface area contributed by atoms with Crippen LogP contribution in [0.4, 0.5) is 0 Å². The third-order valence-electron chi connectivity index (χ3n) is 4.06. The van der Waals surface area contributed by atoms with E-state index in [1.54, 1.807) is 30.3 Å². The molecule has 0 spiro atoms. The molecule has 0 amide bonds. The number of rotatable bonds is 7. The minimum Gasteiger partial charge on any atom is -0.493 e. The molecule has 1 heterocycles. The number of ether oxygens (including phenoxy) is 5. The minimum atomic E-state index is -0.571. The number of esters is 1. The molecule has 28 heavy (non-hydrogen) atoms. The van der Waals surface area contributed by atoms with Gasteiger partial charge in [0.05, 0.1) is 13.7 Å². The Bertz CT molecular complexity index is 894. The first-order valence-corrected chi connectivity index (χ1v) is 8.85. The highest BCUT2D eigenvalue weighted by molar-refractivity contribution is 6.30. The van der Waals surface area contributed by atoms with E-state index in [-0.39, 0.29) is 25.8 Å². The predicted molar refractivity (Wildman–Crippen MR) is 100 cm³/mol. The number of Topliss-reactive ketones (excluding diaryl/α,β-unsaturated/α-hetero) is 1. The highest BCUT2D eigenvalue weighted by atomic mass is 35.5. The number of ketones is 1.